The third kappa shape index (κ3) is 6.15. The van der Waals surface area contributed by atoms with Crippen LogP contribution in [0.15, 0.2) is 249 Å². The van der Waals surface area contributed by atoms with Crippen LogP contribution >= 0.6 is 0 Å². The second-order valence-electron chi connectivity index (χ2n) is 19.3. The highest BCUT2D eigenvalue weighted by Crippen LogP contribution is 2.51. The minimum absolute atomic E-state index is 0.134. The molecule has 330 valence electrons. The van der Waals surface area contributed by atoms with E-state index in [1.54, 1.807) is 0 Å². The Morgan fingerprint density at radius 1 is 0.314 bits per heavy atom. The highest BCUT2D eigenvalue weighted by Gasteiger charge is 2.36. The van der Waals surface area contributed by atoms with Crippen molar-refractivity contribution in [1.29, 1.82) is 0 Å². The number of benzene rings is 12. The van der Waals surface area contributed by atoms with Gasteiger partial charge in [-0.3, -0.25) is 0 Å². The molecule has 1 aliphatic carbocycles. The van der Waals surface area contributed by atoms with Crippen LogP contribution in [0.3, 0.4) is 0 Å². The van der Waals surface area contributed by atoms with E-state index >= 15 is 0 Å². The fourth-order valence-electron chi connectivity index (χ4n) is 11.8. The van der Waals surface area contributed by atoms with Gasteiger partial charge in [-0.1, -0.05) is 159 Å². The molecule has 13 aromatic rings. The lowest BCUT2D eigenvalue weighted by atomic mass is 9.82. The van der Waals surface area contributed by atoms with Crippen molar-refractivity contribution >= 4 is 88.2 Å². The van der Waals surface area contributed by atoms with Crippen molar-refractivity contribution in [3.63, 3.8) is 0 Å². The molecule has 0 fully saturated rings. The number of hydrogen-bond donors (Lipinski definition) is 0. The zero-order valence-electron chi connectivity index (χ0n) is 39.0. The van der Waals surface area contributed by atoms with Crippen molar-refractivity contribution in [2.75, 3.05) is 9.80 Å². The number of para-hydroxylation sites is 3. The lowest BCUT2D eigenvalue weighted by Gasteiger charge is -2.29. The van der Waals surface area contributed by atoms with Crippen LogP contribution in [-0.4, -0.2) is 4.57 Å². The largest absolute Gasteiger partial charge is 0.311 e. The van der Waals surface area contributed by atoms with E-state index in [2.05, 4.69) is 277 Å². The van der Waals surface area contributed by atoms with Gasteiger partial charge in [0.1, 0.15) is 0 Å². The first kappa shape index (κ1) is 40.2. The maximum atomic E-state index is 2.45. The summed E-state index contributed by atoms with van der Waals surface area (Å²) in [5.41, 5.74) is 17.8. The Labute approximate surface area is 407 Å². The van der Waals surface area contributed by atoms with Gasteiger partial charge in [0, 0.05) is 56.0 Å². The van der Waals surface area contributed by atoms with E-state index in [0.29, 0.717) is 0 Å². The van der Waals surface area contributed by atoms with Gasteiger partial charge in [0.2, 0.25) is 0 Å². The molecule has 0 unspecified atom stereocenters. The molecule has 0 atom stereocenters. The lowest BCUT2D eigenvalue weighted by molar-refractivity contribution is 0.660. The molecule has 0 radical (unpaired) electrons. The van der Waals surface area contributed by atoms with E-state index in [0.717, 1.165) is 39.8 Å². The molecule has 0 bridgehead atoms. The Bertz CT molecular complexity index is 4060. The molecular weight excluding hydrogens is 847 g/mol. The Balaban J connectivity index is 0.912. The van der Waals surface area contributed by atoms with E-state index < -0.39 is 0 Å². The molecule has 12 aromatic carbocycles. The van der Waals surface area contributed by atoms with E-state index in [1.807, 2.05) is 0 Å². The standard InChI is InChI=1S/C67H47N3/c1-67(2)60-24-13-12-23-56(60)57-39-37-55(43-61(57)67)69(54-35-33-53(34-36-54)68(49-17-6-3-7-18-49)50-19-8-4-9-20-50)52-31-27-44(28-32-52)47-30-40-62-59(41-47)66-58-38-29-46-16-14-15-45-25-26-48(65(58)64(45)46)42-63(66)70(62)51-21-10-5-11-22-51/h3-43H,1-2H3. The summed E-state index contributed by atoms with van der Waals surface area (Å²) < 4.78 is 2.45. The second-order valence-corrected chi connectivity index (χ2v) is 19.3. The molecule has 0 amide bonds. The summed E-state index contributed by atoms with van der Waals surface area (Å²) in [4.78, 5) is 4.74. The van der Waals surface area contributed by atoms with Crippen LogP contribution in [0.25, 0.3) is 82.1 Å². The number of hydrogen-bond acceptors (Lipinski definition) is 2. The van der Waals surface area contributed by atoms with Crippen molar-refractivity contribution in [1.82, 2.24) is 4.57 Å². The molecule has 0 N–H and O–H groups in total. The molecule has 0 aliphatic heterocycles. The van der Waals surface area contributed by atoms with Gasteiger partial charge in [0.25, 0.3) is 0 Å². The summed E-state index contributed by atoms with van der Waals surface area (Å²) in [6.07, 6.45) is 0. The van der Waals surface area contributed by atoms with Gasteiger partial charge in [-0.25, -0.2) is 0 Å². The first-order valence-electron chi connectivity index (χ1n) is 24.3. The van der Waals surface area contributed by atoms with E-state index in [1.165, 1.54) is 87.5 Å². The summed E-state index contributed by atoms with van der Waals surface area (Å²) in [5, 5.41) is 10.3. The predicted octanol–water partition coefficient (Wildman–Crippen LogP) is 18.6. The van der Waals surface area contributed by atoms with Crippen molar-refractivity contribution < 1.29 is 0 Å². The molecule has 1 heterocycles. The van der Waals surface area contributed by atoms with Gasteiger partial charge in [0.05, 0.1) is 11.0 Å². The average Bonchev–Trinajstić information content (AvgIpc) is 3.86. The van der Waals surface area contributed by atoms with Crippen LogP contribution in [0.5, 0.6) is 0 Å². The van der Waals surface area contributed by atoms with Crippen LogP contribution < -0.4 is 9.80 Å². The Morgan fingerprint density at radius 3 is 1.53 bits per heavy atom. The van der Waals surface area contributed by atoms with Crippen LogP contribution in [0.4, 0.5) is 34.1 Å². The SMILES string of the molecule is CC1(C)c2ccccc2-c2ccc(N(c3ccc(-c4ccc5c(c4)c4c6ccc7cccc8ccc(cc4n5-c4ccccc4)c6c87)cc3)c3ccc(N(c4ccccc4)c4ccccc4)cc3)cc21. The zero-order chi connectivity index (χ0) is 46.5. The summed E-state index contributed by atoms with van der Waals surface area (Å²) in [6, 6.07) is 91.5. The molecule has 0 saturated carbocycles. The first-order valence-corrected chi connectivity index (χ1v) is 24.3. The average molecular weight is 894 g/mol. The second kappa shape index (κ2) is 15.6. The van der Waals surface area contributed by atoms with Gasteiger partial charge in [-0.15, -0.1) is 0 Å². The summed E-state index contributed by atoms with van der Waals surface area (Å²) in [6.45, 7) is 4.72. The van der Waals surface area contributed by atoms with E-state index in [9.17, 15) is 0 Å². The van der Waals surface area contributed by atoms with Gasteiger partial charge in [-0.05, 0) is 169 Å². The molecule has 70 heavy (non-hydrogen) atoms. The van der Waals surface area contributed by atoms with Crippen molar-refractivity contribution in [2.24, 2.45) is 0 Å². The normalized spacial score (nSPS) is 12.8. The van der Waals surface area contributed by atoms with Gasteiger partial charge in [-0.2, -0.15) is 0 Å². The van der Waals surface area contributed by atoms with Crippen LogP contribution in [0.1, 0.15) is 25.0 Å². The third-order valence-corrected chi connectivity index (χ3v) is 15.1. The molecule has 3 nitrogen and oxygen atoms in total. The topological polar surface area (TPSA) is 11.4 Å². The van der Waals surface area contributed by atoms with E-state index in [4.69, 9.17) is 0 Å². The van der Waals surface area contributed by atoms with Gasteiger partial charge < -0.3 is 14.4 Å². The van der Waals surface area contributed by atoms with E-state index in [-0.39, 0.29) is 5.41 Å². The molecule has 3 heteroatoms. The maximum absolute atomic E-state index is 2.45. The monoisotopic (exact) mass is 893 g/mol. The Kier molecular flexibility index (Phi) is 8.93. The van der Waals surface area contributed by atoms with Crippen molar-refractivity contribution in [3.05, 3.63) is 260 Å². The lowest BCUT2D eigenvalue weighted by Crippen LogP contribution is -2.16. The van der Waals surface area contributed by atoms with Crippen molar-refractivity contribution in [2.45, 2.75) is 19.3 Å². The fraction of sp³-hybridized carbons (Fsp3) is 0.0448. The summed E-state index contributed by atoms with van der Waals surface area (Å²) >= 11 is 0. The number of nitrogens with zero attached hydrogens (tertiary/aromatic N) is 3. The Morgan fingerprint density at radius 2 is 0.843 bits per heavy atom. The third-order valence-electron chi connectivity index (χ3n) is 15.1. The maximum Gasteiger partial charge on any atom is 0.0553 e. The number of fused-ring (bicyclic) bond motifs is 7. The van der Waals surface area contributed by atoms with Gasteiger partial charge in [0.15, 0.2) is 0 Å². The minimum Gasteiger partial charge on any atom is -0.311 e. The minimum atomic E-state index is -0.134. The quantitative estimate of drug-likeness (QED) is 0.141. The first-order chi connectivity index (χ1) is 34.5. The molecular formula is C67H47N3. The van der Waals surface area contributed by atoms with Crippen LogP contribution in [0.2, 0.25) is 0 Å². The zero-order valence-corrected chi connectivity index (χ0v) is 39.0. The number of anilines is 6. The highest BCUT2D eigenvalue weighted by molar-refractivity contribution is 6.33. The molecule has 0 saturated heterocycles. The predicted molar refractivity (Wildman–Crippen MR) is 297 cm³/mol. The Hall–Kier alpha value is -8.92. The van der Waals surface area contributed by atoms with Crippen LogP contribution in [0, 0.1) is 0 Å². The summed E-state index contributed by atoms with van der Waals surface area (Å²) in [7, 11) is 0. The van der Waals surface area contributed by atoms with Gasteiger partial charge >= 0.3 is 0 Å². The van der Waals surface area contributed by atoms with Crippen LogP contribution in [-0.2, 0) is 5.41 Å². The molecule has 1 aliphatic rings. The number of rotatable bonds is 8. The van der Waals surface area contributed by atoms with Crippen molar-refractivity contribution in [3.8, 4) is 27.9 Å². The summed E-state index contributed by atoms with van der Waals surface area (Å²) in [5.74, 6) is 0. The molecule has 14 rings (SSSR count). The molecule has 1 aromatic heterocycles. The smallest absolute Gasteiger partial charge is 0.0553 e. The highest BCUT2D eigenvalue weighted by atomic mass is 15.2. The number of aromatic nitrogens is 1. The fourth-order valence-corrected chi connectivity index (χ4v) is 11.8. The molecule has 0 spiro atoms.